The second kappa shape index (κ2) is 9.03. The van der Waals surface area contributed by atoms with Crippen LogP contribution in [-0.4, -0.2) is 26.8 Å². The fraction of sp³-hybridized carbons (Fsp3) is 0.200. The molecule has 0 radical (unpaired) electrons. The van der Waals surface area contributed by atoms with E-state index in [1.165, 1.54) is 0 Å². The molecule has 144 valence electrons. The molecule has 2 aromatic carbocycles. The number of rotatable bonds is 6. The van der Waals surface area contributed by atoms with Gasteiger partial charge in [-0.05, 0) is 37.1 Å². The van der Waals surface area contributed by atoms with Gasteiger partial charge in [0, 0.05) is 17.1 Å². The number of aryl methyl sites for hydroxylation is 2. The van der Waals surface area contributed by atoms with Gasteiger partial charge in [-0.3, -0.25) is 14.6 Å². The van der Waals surface area contributed by atoms with Gasteiger partial charge in [0.2, 0.25) is 5.91 Å². The molecule has 0 atom stereocenters. The molecule has 0 aliphatic rings. The van der Waals surface area contributed by atoms with Crippen molar-refractivity contribution in [2.45, 2.75) is 25.4 Å². The van der Waals surface area contributed by atoms with E-state index in [0.29, 0.717) is 28.0 Å². The lowest BCUT2D eigenvalue weighted by molar-refractivity contribution is -0.113. The number of H-pyrrole nitrogens is 1. The predicted octanol–water partition coefficient (Wildman–Crippen LogP) is 3.76. The summed E-state index contributed by atoms with van der Waals surface area (Å²) in [7, 11) is 0. The highest BCUT2D eigenvalue weighted by atomic mass is 35.5. The Morgan fingerprint density at radius 2 is 1.89 bits per heavy atom. The van der Waals surface area contributed by atoms with Crippen molar-refractivity contribution in [1.82, 2.24) is 15.2 Å². The number of halogens is 1. The van der Waals surface area contributed by atoms with E-state index in [1.807, 2.05) is 44.2 Å². The number of anilines is 1. The highest BCUT2D eigenvalue weighted by Crippen LogP contribution is 2.20. The summed E-state index contributed by atoms with van der Waals surface area (Å²) in [6.45, 7) is 3.90. The van der Waals surface area contributed by atoms with Crippen LogP contribution in [0.5, 0.6) is 0 Å². The molecule has 0 bridgehead atoms. The number of hydrogen-bond acceptors (Lipinski definition) is 5. The first-order valence-electron chi connectivity index (χ1n) is 8.61. The van der Waals surface area contributed by atoms with Crippen LogP contribution in [-0.2, 0) is 11.2 Å². The van der Waals surface area contributed by atoms with Crippen molar-refractivity contribution in [3.8, 4) is 0 Å². The van der Waals surface area contributed by atoms with Gasteiger partial charge < -0.3 is 5.32 Å². The molecule has 0 fully saturated rings. The zero-order valence-corrected chi connectivity index (χ0v) is 17.0. The van der Waals surface area contributed by atoms with Gasteiger partial charge in [0.25, 0.3) is 5.56 Å². The van der Waals surface area contributed by atoms with Gasteiger partial charge in [0.1, 0.15) is 5.69 Å². The molecule has 0 aliphatic heterocycles. The van der Waals surface area contributed by atoms with Crippen LogP contribution in [0.2, 0.25) is 5.02 Å². The van der Waals surface area contributed by atoms with Crippen molar-refractivity contribution in [1.29, 1.82) is 0 Å². The second-order valence-corrected chi connectivity index (χ2v) is 7.74. The normalized spacial score (nSPS) is 10.7. The maximum absolute atomic E-state index is 12.2. The molecule has 0 unspecified atom stereocenters. The quantitative estimate of drug-likeness (QED) is 0.599. The summed E-state index contributed by atoms with van der Waals surface area (Å²) in [5.74, 6) is -0.135. The van der Waals surface area contributed by atoms with Crippen LogP contribution < -0.4 is 10.9 Å². The van der Waals surface area contributed by atoms with Gasteiger partial charge in [0.05, 0.1) is 5.75 Å². The molecule has 0 saturated carbocycles. The van der Waals surface area contributed by atoms with Crippen LogP contribution in [0.1, 0.15) is 22.4 Å². The van der Waals surface area contributed by atoms with Crippen molar-refractivity contribution in [3.05, 3.63) is 80.2 Å². The highest BCUT2D eigenvalue weighted by Gasteiger charge is 2.10. The zero-order valence-electron chi connectivity index (χ0n) is 15.5. The molecular weight excluding hydrogens is 396 g/mol. The summed E-state index contributed by atoms with van der Waals surface area (Å²) in [5, 5.41) is 11.7. The topological polar surface area (TPSA) is 87.7 Å². The predicted molar refractivity (Wildman–Crippen MR) is 112 cm³/mol. The molecule has 6 nitrogen and oxygen atoms in total. The van der Waals surface area contributed by atoms with Gasteiger partial charge in [-0.15, -0.1) is 10.2 Å². The largest absolute Gasteiger partial charge is 0.325 e. The minimum Gasteiger partial charge on any atom is -0.325 e. The van der Waals surface area contributed by atoms with E-state index >= 15 is 0 Å². The van der Waals surface area contributed by atoms with Crippen molar-refractivity contribution in [2.75, 3.05) is 11.1 Å². The molecule has 1 heterocycles. The number of carbonyl (C=O) groups is 1. The minimum atomic E-state index is -0.302. The summed E-state index contributed by atoms with van der Waals surface area (Å²) in [6, 6.07) is 13.2. The van der Waals surface area contributed by atoms with Gasteiger partial charge in [-0.2, -0.15) is 0 Å². The Morgan fingerprint density at radius 3 is 2.57 bits per heavy atom. The lowest BCUT2D eigenvalue weighted by atomic mass is 10.1. The third-order valence-electron chi connectivity index (χ3n) is 4.03. The number of nitrogens with zero attached hydrogens (tertiary/aromatic N) is 2. The maximum atomic E-state index is 12.2. The van der Waals surface area contributed by atoms with Crippen molar-refractivity contribution in [3.63, 3.8) is 0 Å². The van der Waals surface area contributed by atoms with Gasteiger partial charge in [0.15, 0.2) is 5.16 Å². The number of nitrogens with one attached hydrogen (secondary N) is 2. The number of benzene rings is 2. The Balaban J connectivity index is 1.58. The molecule has 2 N–H and O–H groups in total. The van der Waals surface area contributed by atoms with Crippen LogP contribution in [0.4, 0.5) is 5.69 Å². The van der Waals surface area contributed by atoms with E-state index in [1.54, 1.807) is 12.1 Å². The number of amides is 1. The molecule has 3 aromatic rings. The van der Waals surface area contributed by atoms with E-state index in [4.69, 9.17) is 11.6 Å². The molecule has 3 rings (SSSR count). The summed E-state index contributed by atoms with van der Waals surface area (Å²) in [5.41, 5.74) is 3.74. The van der Waals surface area contributed by atoms with E-state index in [2.05, 4.69) is 20.5 Å². The molecule has 1 aromatic heterocycles. The first kappa shape index (κ1) is 20.1. The van der Waals surface area contributed by atoms with Crippen LogP contribution in [0, 0.1) is 13.8 Å². The number of aromatic amines is 1. The van der Waals surface area contributed by atoms with Crippen LogP contribution in [0.15, 0.2) is 52.4 Å². The number of carbonyl (C=O) groups excluding carboxylic acids is 1. The molecule has 0 saturated heterocycles. The highest BCUT2D eigenvalue weighted by molar-refractivity contribution is 7.99. The van der Waals surface area contributed by atoms with Crippen LogP contribution in [0.3, 0.4) is 0 Å². The Labute approximate surface area is 171 Å². The average molecular weight is 415 g/mol. The SMILES string of the molecule is Cc1ccc(Cc2nnc(SCC(=O)Nc3ccc(C)c(Cl)c3)[nH]c2=O)cc1. The van der Waals surface area contributed by atoms with E-state index in [-0.39, 0.29) is 17.2 Å². The van der Waals surface area contributed by atoms with E-state index in [0.717, 1.165) is 28.5 Å². The first-order valence-corrected chi connectivity index (χ1v) is 9.97. The zero-order chi connectivity index (χ0) is 20.1. The second-order valence-electron chi connectivity index (χ2n) is 6.37. The van der Waals surface area contributed by atoms with Crippen LogP contribution >= 0.6 is 23.4 Å². The Bertz CT molecular complexity index is 1050. The lowest BCUT2D eigenvalue weighted by Gasteiger charge is -2.06. The molecule has 1 amide bonds. The maximum Gasteiger partial charge on any atom is 0.273 e. The molecule has 28 heavy (non-hydrogen) atoms. The third-order valence-corrected chi connectivity index (χ3v) is 5.30. The Kier molecular flexibility index (Phi) is 6.49. The standard InChI is InChI=1S/C20H19ClN4O2S/c1-12-3-6-14(7-4-12)9-17-19(27)23-20(25-24-17)28-11-18(26)22-15-8-5-13(2)16(21)10-15/h3-8,10H,9,11H2,1-2H3,(H,22,26)(H,23,25,27). The number of hydrogen-bond donors (Lipinski definition) is 2. The fourth-order valence-corrected chi connectivity index (χ4v) is 3.21. The average Bonchev–Trinajstić information content (AvgIpc) is 2.67. The van der Waals surface area contributed by atoms with Crippen LogP contribution in [0.25, 0.3) is 0 Å². The van der Waals surface area contributed by atoms with Gasteiger partial charge in [-0.1, -0.05) is 59.3 Å². The van der Waals surface area contributed by atoms with Gasteiger partial charge >= 0.3 is 0 Å². The molecule has 8 heteroatoms. The summed E-state index contributed by atoms with van der Waals surface area (Å²) < 4.78 is 0. The fourth-order valence-electron chi connectivity index (χ4n) is 2.43. The summed E-state index contributed by atoms with van der Waals surface area (Å²) >= 11 is 7.17. The molecule has 0 spiro atoms. The monoisotopic (exact) mass is 414 g/mol. The summed E-state index contributed by atoms with van der Waals surface area (Å²) in [4.78, 5) is 27.0. The Morgan fingerprint density at radius 1 is 1.14 bits per heavy atom. The van der Waals surface area contributed by atoms with Crippen molar-refractivity contribution < 1.29 is 4.79 Å². The third kappa shape index (κ3) is 5.43. The van der Waals surface area contributed by atoms with E-state index in [9.17, 15) is 9.59 Å². The Hall–Kier alpha value is -2.64. The lowest BCUT2D eigenvalue weighted by Crippen LogP contribution is -2.19. The smallest absolute Gasteiger partial charge is 0.273 e. The summed E-state index contributed by atoms with van der Waals surface area (Å²) in [6.07, 6.45) is 0.405. The number of thioether (sulfide) groups is 1. The first-order chi connectivity index (χ1) is 13.4. The molecule has 0 aliphatic carbocycles. The molecular formula is C20H19ClN4O2S. The van der Waals surface area contributed by atoms with Gasteiger partial charge in [-0.25, -0.2) is 0 Å². The number of aromatic nitrogens is 3. The van der Waals surface area contributed by atoms with Crippen molar-refractivity contribution in [2.24, 2.45) is 0 Å². The van der Waals surface area contributed by atoms with E-state index < -0.39 is 0 Å². The van der Waals surface area contributed by atoms with Crippen molar-refractivity contribution >= 4 is 35.0 Å². The minimum absolute atomic E-state index is 0.0907.